The van der Waals surface area contributed by atoms with Crippen molar-refractivity contribution in [3.63, 3.8) is 0 Å². The molecule has 2 amide bonds. The summed E-state index contributed by atoms with van der Waals surface area (Å²) in [5, 5.41) is 6.64. The van der Waals surface area contributed by atoms with Gasteiger partial charge in [-0.2, -0.15) is 4.98 Å². The van der Waals surface area contributed by atoms with Gasteiger partial charge in [-0.3, -0.25) is 9.47 Å². The molecule has 322 valence electrons. The fourth-order valence-electron chi connectivity index (χ4n) is 7.94. The number of benzene rings is 4. The molecular weight excluding hydrogens is 829 g/mol. The third kappa shape index (κ3) is 11.2. The number of aromatic amines is 1. The first-order valence-corrected chi connectivity index (χ1v) is 21.5. The van der Waals surface area contributed by atoms with E-state index in [0.717, 1.165) is 41.5 Å². The summed E-state index contributed by atoms with van der Waals surface area (Å²) in [5.41, 5.74) is 10.2. The van der Waals surface area contributed by atoms with Crippen molar-refractivity contribution < 1.29 is 23.5 Å². The summed E-state index contributed by atoms with van der Waals surface area (Å²) in [5.74, 6) is -0.592. The molecule has 0 radical (unpaired) electrons. The van der Waals surface area contributed by atoms with E-state index in [2.05, 4.69) is 20.6 Å². The predicted molar refractivity (Wildman–Crippen MR) is 243 cm³/mol. The van der Waals surface area contributed by atoms with Gasteiger partial charge in [-0.05, 0) is 117 Å². The summed E-state index contributed by atoms with van der Waals surface area (Å²) in [7, 11) is 0. The molecule has 2 aromatic heterocycles. The van der Waals surface area contributed by atoms with Crippen molar-refractivity contribution >= 4 is 52.2 Å². The van der Waals surface area contributed by atoms with Crippen LogP contribution >= 0.6 is 23.8 Å². The third-order valence-electron chi connectivity index (χ3n) is 11.1. The van der Waals surface area contributed by atoms with Crippen LogP contribution in [0.2, 0.25) is 5.02 Å². The Bertz CT molecular complexity index is 2560. The number of hydrogen-bond donors (Lipinski definition) is 4. The zero-order valence-electron chi connectivity index (χ0n) is 34.3. The Kier molecular flexibility index (Phi) is 14.5. The maximum Gasteiger partial charge on any atom is 0.410 e. The lowest BCUT2D eigenvalue weighted by Crippen LogP contribution is -2.47. The first-order chi connectivity index (χ1) is 30.0. The van der Waals surface area contributed by atoms with Gasteiger partial charge in [0.1, 0.15) is 18.9 Å². The number of carbonyl (C=O) groups excluding carboxylic acids is 2. The van der Waals surface area contributed by atoms with E-state index >= 15 is 4.39 Å². The molecular formula is C47H49ClFN7O5S. The van der Waals surface area contributed by atoms with Gasteiger partial charge < -0.3 is 30.8 Å². The Morgan fingerprint density at radius 3 is 2.35 bits per heavy atom. The van der Waals surface area contributed by atoms with Crippen molar-refractivity contribution in [3.05, 3.63) is 153 Å². The van der Waals surface area contributed by atoms with Gasteiger partial charge in [0.25, 0.3) is 0 Å². The number of nitrogens with zero attached hydrogens (tertiary/aromatic N) is 3. The van der Waals surface area contributed by atoms with Crippen LogP contribution in [0.25, 0.3) is 28.0 Å². The van der Waals surface area contributed by atoms with Crippen molar-refractivity contribution in [2.45, 2.75) is 83.2 Å². The Labute approximate surface area is 369 Å². The summed E-state index contributed by atoms with van der Waals surface area (Å²) >= 11 is 11.4. The highest BCUT2D eigenvalue weighted by atomic mass is 35.5. The minimum atomic E-state index is -0.592. The van der Waals surface area contributed by atoms with E-state index in [1.54, 1.807) is 24.4 Å². The molecule has 0 unspecified atom stereocenters. The average Bonchev–Trinajstić information content (AvgIpc) is 3.68. The minimum absolute atomic E-state index is 0.0249. The zero-order valence-corrected chi connectivity index (χ0v) is 35.9. The molecule has 62 heavy (non-hydrogen) atoms. The molecule has 1 aliphatic heterocycles. The van der Waals surface area contributed by atoms with Crippen molar-refractivity contribution in [1.82, 2.24) is 30.1 Å². The zero-order chi connectivity index (χ0) is 43.6. The van der Waals surface area contributed by atoms with E-state index in [1.807, 2.05) is 96.8 Å². The quantitative estimate of drug-likeness (QED) is 0.0739. The molecule has 0 aliphatic carbocycles. The van der Waals surface area contributed by atoms with E-state index in [0.29, 0.717) is 54.6 Å². The van der Waals surface area contributed by atoms with E-state index in [1.165, 1.54) is 4.57 Å². The number of thiocarbonyl (C=S) groups is 1. The Morgan fingerprint density at radius 1 is 0.968 bits per heavy atom. The molecule has 3 heterocycles. The second kappa shape index (κ2) is 20.5. The van der Waals surface area contributed by atoms with Gasteiger partial charge in [-0.25, -0.2) is 18.8 Å². The normalized spacial score (nSPS) is 15.5. The second-order valence-electron chi connectivity index (χ2n) is 15.5. The number of alkyl carbamates (subject to hydrolysis) is 1. The summed E-state index contributed by atoms with van der Waals surface area (Å²) in [6.45, 7) is 2.76. The maximum atomic E-state index is 15.6. The third-order valence-corrected chi connectivity index (χ3v) is 11.5. The van der Waals surface area contributed by atoms with Gasteiger partial charge in [0.15, 0.2) is 10.9 Å². The summed E-state index contributed by atoms with van der Waals surface area (Å²) < 4.78 is 28.2. The highest BCUT2D eigenvalue weighted by Gasteiger charge is 2.36. The van der Waals surface area contributed by atoms with Crippen LogP contribution in [0.15, 0.2) is 114 Å². The molecule has 1 saturated heterocycles. The van der Waals surface area contributed by atoms with Crippen LogP contribution < -0.4 is 22.1 Å². The average molecular weight is 878 g/mol. The number of nitrogens with two attached hydrogens (primary N) is 1. The maximum absolute atomic E-state index is 15.6. The number of ether oxygens (including phenoxy) is 2. The molecule has 7 rings (SSSR count). The van der Waals surface area contributed by atoms with Gasteiger partial charge in [0.2, 0.25) is 0 Å². The molecule has 1 fully saturated rings. The number of hydrogen-bond acceptors (Lipinski definition) is 7. The Balaban J connectivity index is 1.03. The lowest BCUT2D eigenvalue weighted by Gasteiger charge is -2.42. The number of aryl methyl sites for hydroxylation is 1. The molecule has 0 saturated carbocycles. The predicted octanol–water partition coefficient (Wildman–Crippen LogP) is 9.27. The number of fused-ring (bicyclic) bond motifs is 1. The van der Waals surface area contributed by atoms with Crippen LogP contribution in [0.3, 0.4) is 0 Å². The summed E-state index contributed by atoms with van der Waals surface area (Å²) in [6, 6.07) is 31.1. The Morgan fingerprint density at radius 2 is 1.66 bits per heavy atom. The number of nitrogens with one attached hydrogen (secondary N) is 3. The number of aromatic nitrogens is 3. The van der Waals surface area contributed by atoms with Crippen LogP contribution in [-0.2, 0) is 29.1 Å². The van der Waals surface area contributed by atoms with Crippen LogP contribution in [-0.4, -0.2) is 55.4 Å². The first kappa shape index (κ1) is 43.8. The molecule has 3 atom stereocenters. The Hall–Kier alpha value is -6.25. The summed E-state index contributed by atoms with van der Waals surface area (Å²) in [6.07, 6.45) is 5.82. The first-order valence-electron chi connectivity index (χ1n) is 20.7. The molecule has 5 N–H and O–H groups in total. The SMILES string of the molecule is C[C@@H](CCCc1cc(Cl)c(F)c(-c2cc3cn(-c4ccc([C@@H]5CCC[C@@H](CCNC(N)=S)N5C(=O)OCc5ccccc5)cc4)c(=O)nc3[nH]2)c1)NC(=O)OCc1ccccc1. The van der Waals surface area contributed by atoms with E-state index in [9.17, 15) is 14.4 Å². The monoisotopic (exact) mass is 877 g/mol. The second-order valence-corrected chi connectivity index (χ2v) is 16.4. The number of rotatable bonds is 15. The molecule has 12 nitrogen and oxygen atoms in total. The standard InChI is InChI=1S/C47H49ClFN7O5S/c1-30(52-46(58)60-28-31-11-4-2-5-12-31)10-8-15-33-24-38(42(49)39(48)25-33)40-26-35-27-55(45(57)54-43(35)53-40)36-20-18-34(19-21-36)41-17-9-16-37(22-23-51-44(50)62)56(41)47(59)61-29-32-13-6-3-7-14-32/h2-7,11-14,18-21,24-27,30,37,41H,8-10,15-17,22-23,28-29H2,1H3,(H,52,58)(H3,50,51,62)(H,53,54,57)/t30-,37-,41-/m0/s1. The number of likely N-dealkylation sites (tertiary alicyclic amines) is 1. The fraction of sp³-hybridized carbons (Fsp3) is 0.298. The molecule has 15 heteroatoms. The van der Waals surface area contributed by atoms with Gasteiger partial charge in [0, 0.05) is 35.8 Å². The van der Waals surface area contributed by atoms with E-state index in [-0.39, 0.29) is 47.0 Å². The van der Waals surface area contributed by atoms with Gasteiger partial charge in [0.05, 0.1) is 22.4 Å². The van der Waals surface area contributed by atoms with Crippen molar-refractivity contribution in [2.75, 3.05) is 6.54 Å². The van der Waals surface area contributed by atoms with Gasteiger partial charge in [-0.15, -0.1) is 0 Å². The topological polar surface area (TPSA) is 157 Å². The van der Waals surface area contributed by atoms with Crippen LogP contribution in [0.5, 0.6) is 0 Å². The van der Waals surface area contributed by atoms with Crippen LogP contribution in [0, 0.1) is 5.82 Å². The molecule has 4 aromatic carbocycles. The van der Waals surface area contributed by atoms with Crippen molar-refractivity contribution in [3.8, 4) is 16.9 Å². The van der Waals surface area contributed by atoms with Crippen LogP contribution in [0.4, 0.5) is 14.0 Å². The fourth-order valence-corrected chi connectivity index (χ4v) is 8.28. The number of carbonyl (C=O) groups is 2. The lowest BCUT2D eigenvalue weighted by atomic mass is 9.89. The summed E-state index contributed by atoms with van der Waals surface area (Å²) in [4.78, 5) is 48.7. The van der Waals surface area contributed by atoms with E-state index in [4.69, 9.17) is 39.0 Å². The smallest absolute Gasteiger partial charge is 0.410 e. The molecule has 6 aromatic rings. The number of piperidine rings is 1. The largest absolute Gasteiger partial charge is 0.445 e. The van der Waals surface area contributed by atoms with Crippen molar-refractivity contribution in [1.29, 1.82) is 0 Å². The van der Waals surface area contributed by atoms with Crippen LogP contribution in [0.1, 0.15) is 73.7 Å². The highest BCUT2D eigenvalue weighted by Crippen LogP contribution is 2.37. The van der Waals surface area contributed by atoms with Crippen molar-refractivity contribution in [2.24, 2.45) is 5.73 Å². The van der Waals surface area contributed by atoms with Gasteiger partial charge >= 0.3 is 17.9 Å². The van der Waals surface area contributed by atoms with Gasteiger partial charge in [-0.1, -0.05) is 84.4 Å². The molecule has 0 spiro atoms. The number of halogens is 2. The lowest BCUT2D eigenvalue weighted by molar-refractivity contribution is 0.0389. The highest BCUT2D eigenvalue weighted by molar-refractivity contribution is 7.80. The number of amides is 2. The van der Waals surface area contributed by atoms with E-state index < -0.39 is 23.7 Å². The minimum Gasteiger partial charge on any atom is -0.445 e. The molecule has 0 bridgehead atoms. The molecule has 1 aliphatic rings. The number of H-pyrrole nitrogens is 1.